The predicted molar refractivity (Wildman–Crippen MR) is 146 cm³/mol. The van der Waals surface area contributed by atoms with E-state index in [9.17, 15) is 8.42 Å². The lowest BCUT2D eigenvalue weighted by molar-refractivity contribution is 0.390. The third-order valence-corrected chi connectivity index (χ3v) is 7.75. The zero-order chi connectivity index (χ0) is 27.4. The smallest absolute Gasteiger partial charge is 0.204 e. The first-order valence-corrected chi connectivity index (χ1v) is 14.0. The van der Waals surface area contributed by atoms with Gasteiger partial charge in [-0.3, -0.25) is 14.5 Å². The summed E-state index contributed by atoms with van der Waals surface area (Å²) in [6.45, 7) is 0. The lowest BCUT2D eigenvalue weighted by Crippen LogP contribution is -2.16. The van der Waals surface area contributed by atoms with Crippen molar-refractivity contribution in [2.75, 3.05) is 20.0 Å². The number of methoxy groups -OCH3 is 2. The zero-order valence-corrected chi connectivity index (χ0v) is 22.7. The van der Waals surface area contributed by atoms with Crippen molar-refractivity contribution in [2.45, 2.75) is 12.2 Å². The van der Waals surface area contributed by atoms with Crippen LogP contribution in [0.25, 0.3) is 28.4 Å². The van der Waals surface area contributed by atoms with E-state index in [1.807, 2.05) is 12.1 Å². The summed E-state index contributed by atoms with van der Waals surface area (Å²) in [7, 11) is -0.650. The summed E-state index contributed by atoms with van der Waals surface area (Å²) in [5, 5.41) is 8.96. The highest BCUT2D eigenvalue weighted by Gasteiger charge is 2.27. The number of hydrogen-bond acceptors (Lipinski definition) is 9. The summed E-state index contributed by atoms with van der Waals surface area (Å²) in [5.41, 5.74) is 2.67. The lowest BCUT2D eigenvalue weighted by Gasteiger charge is -2.17. The summed E-state index contributed by atoms with van der Waals surface area (Å²) in [4.78, 5) is 8.46. The number of sulfone groups is 1. The van der Waals surface area contributed by atoms with E-state index in [4.69, 9.17) is 25.5 Å². The first kappa shape index (κ1) is 26.4. The number of nitrogens with zero attached hydrogens (tertiary/aromatic N) is 5. The van der Waals surface area contributed by atoms with Crippen LogP contribution in [0.1, 0.15) is 11.5 Å². The van der Waals surface area contributed by atoms with Gasteiger partial charge in [-0.1, -0.05) is 17.7 Å². The standard InChI is InChI=1S/C27H24ClN5O5S/c1-36-22-5-3-6-23(37-2)26(22)33-25(31-32-27(33)24-7-4-13-38-24)17-39(34,35)14-10-21-20(15-19(28)16-30-21)18-8-11-29-12-9-18/h3-9,11-13,15-16H,10,14,17H2,1-2H3. The Labute approximate surface area is 230 Å². The van der Waals surface area contributed by atoms with E-state index in [0.29, 0.717) is 39.5 Å². The van der Waals surface area contributed by atoms with Crippen LogP contribution in [0.4, 0.5) is 0 Å². The van der Waals surface area contributed by atoms with Gasteiger partial charge in [-0.15, -0.1) is 10.2 Å². The summed E-state index contributed by atoms with van der Waals surface area (Å²) in [6, 6.07) is 14.1. The molecular formula is C27H24ClN5O5S. The lowest BCUT2D eigenvalue weighted by atomic mass is 10.0. The third-order valence-electron chi connectivity index (χ3n) is 6.02. The molecular weight excluding hydrogens is 542 g/mol. The quantitative estimate of drug-likeness (QED) is 0.235. The number of hydrogen-bond donors (Lipinski definition) is 0. The SMILES string of the molecule is COc1cccc(OC)c1-n1c(CS(=O)(=O)CCc2ncc(Cl)cc2-c2ccncc2)nnc1-c1ccco1. The van der Waals surface area contributed by atoms with E-state index in [1.54, 1.807) is 53.4 Å². The van der Waals surface area contributed by atoms with Gasteiger partial charge in [0.05, 0.1) is 31.3 Å². The van der Waals surface area contributed by atoms with Crippen molar-refractivity contribution in [1.82, 2.24) is 24.7 Å². The number of benzene rings is 1. The summed E-state index contributed by atoms with van der Waals surface area (Å²) in [5.74, 6) is 1.24. The molecule has 200 valence electrons. The van der Waals surface area contributed by atoms with Gasteiger partial charge in [0, 0.05) is 36.3 Å². The second-order valence-electron chi connectivity index (χ2n) is 8.49. The van der Waals surface area contributed by atoms with Crippen LogP contribution < -0.4 is 9.47 Å². The Morgan fingerprint density at radius 3 is 2.41 bits per heavy atom. The maximum absolute atomic E-state index is 13.4. The highest BCUT2D eigenvalue weighted by molar-refractivity contribution is 7.90. The number of aromatic nitrogens is 5. The molecule has 0 atom stereocenters. The zero-order valence-electron chi connectivity index (χ0n) is 21.1. The molecule has 10 nitrogen and oxygen atoms in total. The Bertz CT molecular complexity index is 1670. The molecule has 0 spiro atoms. The van der Waals surface area contributed by atoms with E-state index >= 15 is 0 Å². The van der Waals surface area contributed by atoms with E-state index in [0.717, 1.165) is 11.1 Å². The molecule has 0 saturated heterocycles. The molecule has 0 aliphatic carbocycles. The van der Waals surface area contributed by atoms with Crippen LogP contribution >= 0.6 is 11.6 Å². The molecule has 0 amide bonds. The molecule has 39 heavy (non-hydrogen) atoms. The molecule has 1 aromatic carbocycles. The molecule has 0 unspecified atom stereocenters. The van der Waals surface area contributed by atoms with Crippen molar-refractivity contribution in [2.24, 2.45) is 0 Å². The molecule has 0 radical (unpaired) electrons. The van der Waals surface area contributed by atoms with Gasteiger partial charge in [0.25, 0.3) is 0 Å². The van der Waals surface area contributed by atoms with Crippen LogP contribution in [0.3, 0.4) is 0 Å². The predicted octanol–water partition coefficient (Wildman–Crippen LogP) is 4.81. The van der Waals surface area contributed by atoms with Gasteiger partial charge in [-0.25, -0.2) is 8.42 Å². The fourth-order valence-electron chi connectivity index (χ4n) is 4.23. The number of aryl methyl sites for hydroxylation is 1. The van der Waals surface area contributed by atoms with Crippen LogP contribution in [0.15, 0.2) is 77.8 Å². The van der Waals surface area contributed by atoms with E-state index in [2.05, 4.69) is 20.2 Å². The third kappa shape index (κ3) is 5.64. The molecule has 0 fully saturated rings. The number of rotatable bonds is 10. The Hall–Kier alpha value is -4.22. The number of para-hydroxylation sites is 1. The average molecular weight is 566 g/mol. The van der Waals surface area contributed by atoms with Gasteiger partial charge < -0.3 is 13.9 Å². The van der Waals surface area contributed by atoms with Gasteiger partial charge in [0.2, 0.25) is 5.82 Å². The van der Waals surface area contributed by atoms with Crippen LogP contribution in [-0.4, -0.2) is 53.1 Å². The largest absolute Gasteiger partial charge is 0.494 e. The molecule has 4 heterocycles. The molecule has 0 saturated carbocycles. The summed E-state index contributed by atoms with van der Waals surface area (Å²) in [6.07, 6.45) is 6.51. The number of furan rings is 1. The van der Waals surface area contributed by atoms with E-state index < -0.39 is 9.84 Å². The van der Waals surface area contributed by atoms with Crippen molar-refractivity contribution in [1.29, 1.82) is 0 Å². The molecule has 12 heteroatoms. The molecule has 0 aliphatic heterocycles. The van der Waals surface area contributed by atoms with Crippen LogP contribution in [-0.2, 0) is 22.0 Å². The van der Waals surface area contributed by atoms with Gasteiger partial charge in [-0.05, 0) is 48.0 Å². The molecule has 5 aromatic rings. The van der Waals surface area contributed by atoms with Gasteiger partial charge in [0.1, 0.15) is 22.9 Å². The Morgan fingerprint density at radius 1 is 1.00 bits per heavy atom. The number of halogens is 1. The normalized spacial score (nSPS) is 11.5. The molecule has 5 rings (SSSR count). The second-order valence-corrected chi connectivity index (χ2v) is 11.1. The fraction of sp³-hybridized carbons (Fsp3) is 0.185. The molecule has 0 aliphatic rings. The molecule has 0 N–H and O–H groups in total. The van der Waals surface area contributed by atoms with Crippen molar-refractivity contribution in [3.8, 4) is 39.9 Å². The van der Waals surface area contributed by atoms with E-state index in [-0.39, 0.29) is 23.8 Å². The minimum atomic E-state index is -3.69. The van der Waals surface area contributed by atoms with Crippen molar-refractivity contribution < 1.29 is 22.3 Å². The summed E-state index contributed by atoms with van der Waals surface area (Å²) >= 11 is 6.19. The number of pyridine rings is 2. The maximum Gasteiger partial charge on any atom is 0.204 e. The number of ether oxygens (including phenoxy) is 2. The first-order valence-electron chi connectivity index (χ1n) is 11.8. The molecule has 0 bridgehead atoms. The monoisotopic (exact) mass is 565 g/mol. The fourth-order valence-corrected chi connectivity index (χ4v) is 5.62. The maximum atomic E-state index is 13.4. The van der Waals surface area contributed by atoms with Crippen molar-refractivity contribution >= 4 is 21.4 Å². The first-order chi connectivity index (χ1) is 18.9. The Kier molecular flexibility index (Phi) is 7.62. The van der Waals surface area contributed by atoms with Gasteiger partial charge >= 0.3 is 0 Å². The van der Waals surface area contributed by atoms with Crippen LogP contribution in [0.5, 0.6) is 11.5 Å². The van der Waals surface area contributed by atoms with Gasteiger partial charge in [-0.2, -0.15) is 0 Å². The minimum Gasteiger partial charge on any atom is -0.494 e. The van der Waals surface area contributed by atoms with Crippen molar-refractivity contribution in [3.05, 3.63) is 89.9 Å². The Morgan fingerprint density at radius 2 is 1.74 bits per heavy atom. The average Bonchev–Trinajstić information content (AvgIpc) is 3.62. The van der Waals surface area contributed by atoms with Crippen molar-refractivity contribution in [3.63, 3.8) is 0 Å². The molecule has 4 aromatic heterocycles. The van der Waals surface area contributed by atoms with Crippen LogP contribution in [0.2, 0.25) is 5.02 Å². The van der Waals surface area contributed by atoms with Gasteiger partial charge in [0.15, 0.2) is 21.4 Å². The van der Waals surface area contributed by atoms with E-state index in [1.165, 1.54) is 26.7 Å². The second kappa shape index (κ2) is 11.3. The van der Waals surface area contributed by atoms with Crippen LogP contribution in [0, 0.1) is 0 Å². The Balaban J connectivity index is 1.50. The topological polar surface area (TPSA) is 122 Å². The summed E-state index contributed by atoms with van der Waals surface area (Å²) < 4.78 is 45.2. The highest BCUT2D eigenvalue weighted by atomic mass is 35.5. The minimum absolute atomic E-state index is 0.175. The highest BCUT2D eigenvalue weighted by Crippen LogP contribution is 2.36.